The summed E-state index contributed by atoms with van der Waals surface area (Å²) in [6.07, 6.45) is -0.237. The largest absolute Gasteiger partial charge is 0.477 e. The predicted molar refractivity (Wildman–Crippen MR) is 200 cm³/mol. The van der Waals surface area contributed by atoms with E-state index in [-0.39, 0.29) is 30.4 Å². The molecule has 0 bridgehead atoms. The van der Waals surface area contributed by atoms with E-state index in [4.69, 9.17) is 20.4 Å². The Bertz CT molecular complexity index is 1480. The van der Waals surface area contributed by atoms with Crippen LogP contribution in [0.1, 0.15) is 25.0 Å². The van der Waals surface area contributed by atoms with Gasteiger partial charge in [-0.2, -0.15) is 0 Å². The van der Waals surface area contributed by atoms with Crippen LogP contribution in [0.4, 0.5) is 0 Å². The smallest absolute Gasteiger partial charge is 0.343 e. The minimum absolute atomic E-state index is 0.00430. The van der Waals surface area contributed by atoms with Crippen molar-refractivity contribution in [3.63, 3.8) is 0 Å². The fraction of sp³-hybridized carbons (Fsp3) is 0.400. The van der Waals surface area contributed by atoms with E-state index in [1.807, 2.05) is 6.92 Å². The molecule has 20 heteroatoms. The van der Waals surface area contributed by atoms with E-state index in [1.54, 1.807) is 30.3 Å². The van der Waals surface area contributed by atoms with Crippen LogP contribution in [0.2, 0.25) is 0 Å². The number of aliphatic hydroxyl groups is 2. The summed E-state index contributed by atoms with van der Waals surface area (Å²) in [5.41, 5.74) is 0.560. The lowest BCUT2D eigenvalue weighted by Crippen LogP contribution is -2.42. The number of hydrogen-bond donors (Lipinski definition) is 8. The highest BCUT2D eigenvalue weighted by Gasteiger charge is 2.29. The Labute approximate surface area is 313 Å². The highest BCUT2D eigenvalue weighted by molar-refractivity contribution is 8.12. The molecule has 1 aromatic carbocycles. The summed E-state index contributed by atoms with van der Waals surface area (Å²) < 4.78 is 0. The number of amides is 2. The number of carbonyl (C=O) groups is 6. The Morgan fingerprint density at radius 1 is 0.620 bits per heavy atom. The normalized spacial score (nSPS) is 17.2. The number of hydrogen-bond acceptors (Lipinski definition) is 14. The summed E-state index contributed by atoms with van der Waals surface area (Å²) in [6, 6.07) is 7.74. The molecule has 14 nitrogen and oxygen atoms in total. The molecule has 2 atom stereocenters. The van der Waals surface area contributed by atoms with Crippen molar-refractivity contribution in [2.24, 2.45) is 0 Å². The summed E-state index contributed by atoms with van der Waals surface area (Å²) in [4.78, 5) is 67.6. The van der Waals surface area contributed by atoms with E-state index in [9.17, 15) is 39.0 Å². The van der Waals surface area contributed by atoms with Gasteiger partial charge in [-0.1, -0.05) is 37.3 Å². The molecular weight excluding hydrogens is 773 g/mol. The van der Waals surface area contributed by atoms with Gasteiger partial charge in [0.15, 0.2) is 0 Å². The van der Waals surface area contributed by atoms with Gasteiger partial charge in [-0.25, -0.2) is 19.2 Å². The standard InChI is InChI=1S/C15H17NO5S2.C9H13NO3S2.C6H6O4S2/c17-8-10(11(18)9-4-2-1-3-5-9)16-14(19)12-13(15(20)21)23-7-6-22-12;1-2-3-10-8(11)6-7(9(12)13)15-5-4-14-6;7-5(8)3-4(6(9)10)12-2-1-11-3/h1-5,10-11,17-18H,6-8H2,(H,16,19)(H,20,21);2-5H2,1H3,(H,10,11)(H,12,13);1-2H2,(H,7,8)(H,9,10). The maximum Gasteiger partial charge on any atom is 0.343 e. The quantitative estimate of drug-likeness (QED) is 0.151. The lowest BCUT2D eigenvalue weighted by Gasteiger charge is -2.24. The number of thioether (sulfide) groups is 6. The molecular formula is C30H36N2O12S6. The Morgan fingerprint density at radius 2 is 0.980 bits per heavy atom. The van der Waals surface area contributed by atoms with Crippen LogP contribution in [0.25, 0.3) is 0 Å². The first-order chi connectivity index (χ1) is 23.8. The van der Waals surface area contributed by atoms with Gasteiger partial charge in [-0.15, -0.1) is 70.6 Å². The third kappa shape index (κ3) is 13.8. The van der Waals surface area contributed by atoms with Gasteiger partial charge in [-0.05, 0) is 12.0 Å². The van der Waals surface area contributed by atoms with Crippen LogP contribution in [-0.4, -0.2) is 120 Å². The molecule has 50 heavy (non-hydrogen) atoms. The number of rotatable bonds is 12. The van der Waals surface area contributed by atoms with Gasteiger partial charge in [-0.3, -0.25) is 9.59 Å². The second-order valence-corrected chi connectivity index (χ2v) is 16.3. The van der Waals surface area contributed by atoms with E-state index >= 15 is 0 Å². The van der Waals surface area contributed by atoms with Crippen molar-refractivity contribution in [2.45, 2.75) is 25.5 Å². The third-order valence-electron chi connectivity index (χ3n) is 6.11. The molecule has 0 saturated carbocycles. The zero-order valence-corrected chi connectivity index (χ0v) is 31.4. The average Bonchev–Trinajstić information content (AvgIpc) is 3.13. The van der Waals surface area contributed by atoms with Crippen molar-refractivity contribution in [1.29, 1.82) is 0 Å². The Balaban J connectivity index is 0.000000278. The molecule has 4 rings (SSSR count). The first-order valence-corrected chi connectivity index (χ1v) is 20.6. The molecule has 3 aliphatic rings. The van der Waals surface area contributed by atoms with Gasteiger partial charge in [0.25, 0.3) is 11.8 Å². The van der Waals surface area contributed by atoms with Crippen molar-refractivity contribution in [3.05, 3.63) is 65.3 Å². The number of carboxylic acid groups (broad SMARTS) is 4. The number of carbonyl (C=O) groups excluding carboxylic acids is 2. The van der Waals surface area contributed by atoms with Gasteiger partial charge in [0.05, 0.1) is 22.5 Å². The minimum Gasteiger partial charge on any atom is -0.477 e. The van der Waals surface area contributed by atoms with Crippen LogP contribution >= 0.6 is 70.6 Å². The zero-order chi connectivity index (χ0) is 37.2. The van der Waals surface area contributed by atoms with Crippen LogP contribution < -0.4 is 10.6 Å². The van der Waals surface area contributed by atoms with Crippen molar-refractivity contribution in [2.75, 3.05) is 47.7 Å². The highest BCUT2D eigenvalue weighted by atomic mass is 32.2. The molecule has 0 radical (unpaired) electrons. The van der Waals surface area contributed by atoms with E-state index in [2.05, 4.69) is 10.6 Å². The molecule has 1 aromatic rings. The lowest BCUT2D eigenvalue weighted by molar-refractivity contribution is -0.134. The molecule has 0 fully saturated rings. The summed E-state index contributed by atoms with van der Waals surface area (Å²) >= 11 is 7.03. The molecule has 3 heterocycles. The first kappa shape index (κ1) is 43.4. The van der Waals surface area contributed by atoms with Crippen LogP contribution in [-0.2, 0) is 28.8 Å². The van der Waals surface area contributed by atoms with E-state index in [1.165, 1.54) is 35.3 Å². The monoisotopic (exact) mass is 808 g/mol. The van der Waals surface area contributed by atoms with E-state index in [0.717, 1.165) is 53.2 Å². The number of carboxylic acids is 4. The van der Waals surface area contributed by atoms with Crippen LogP contribution in [0, 0.1) is 0 Å². The first-order valence-electron chi connectivity index (χ1n) is 14.7. The zero-order valence-electron chi connectivity index (χ0n) is 26.5. The van der Waals surface area contributed by atoms with Gasteiger partial charge in [0.2, 0.25) is 0 Å². The number of aliphatic carboxylic acids is 4. The fourth-order valence-electron chi connectivity index (χ4n) is 3.89. The Morgan fingerprint density at radius 3 is 1.34 bits per heavy atom. The molecule has 2 amide bonds. The molecule has 2 unspecified atom stereocenters. The van der Waals surface area contributed by atoms with Crippen LogP contribution in [0.3, 0.4) is 0 Å². The van der Waals surface area contributed by atoms with Crippen LogP contribution in [0.5, 0.6) is 0 Å². The van der Waals surface area contributed by atoms with Gasteiger partial charge in [0, 0.05) is 41.1 Å². The molecule has 8 N–H and O–H groups in total. The summed E-state index contributed by atoms with van der Waals surface area (Å²) in [6.45, 7) is 2.07. The summed E-state index contributed by atoms with van der Waals surface area (Å²) in [5.74, 6) is -1.19. The van der Waals surface area contributed by atoms with Crippen molar-refractivity contribution in [1.82, 2.24) is 10.6 Å². The maximum absolute atomic E-state index is 12.3. The lowest BCUT2D eigenvalue weighted by atomic mass is 10.0. The summed E-state index contributed by atoms with van der Waals surface area (Å²) in [5, 5.41) is 60.2. The number of benzene rings is 1. The topological polar surface area (TPSA) is 248 Å². The van der Waals surface area contributed by atoms with Crippen molar-refractivity contribution in [3.8, 4) is 0 Å². The van der Waals surface area contributed by atoms with Crippen molar-refractivity contribution < 1.29 is 59.4 Å². The number of nitrogens with one attached hydrogen (secondary N) is 2. The Kier molecular flexibility index (Phi) is 20.0. The molecule has 0 aliphatic carbocycles. The SMILES string of the molecule is CCCNC(=O)C1=C(C(=O)O)SCCS1.O=C(O)C1=C(C(=O)NC(CO)C(O)c2ccccc2)SCCS1.O=C(O)C1=C(C(=O)O)SCCS1. The van der Waals surface area contributed by atoms with Gasteiger partial charge in [0.1, 0.15) is 25.7 Å². The summed E-state index contributed by atoms with van der Waals surface area (Å²) in [7, 11) is 0. The molecule has 0 saturated heterocycles. The second-order valence-electron chi connectivity index (χ2n) is 9.66. The number of aliphatic hydroxyl groups excluding tert-OH is 2. The van der Waals surface area contributed by atoms with E-state index < -0.39 is 48.5 Å². The molecule has 3 aliphatic heterocycles. The van der Waals surface area contributed by atoms with Crippen molar-refractivity contribution >= 4 is 106 Å². The minimum atomic E-state index is -1.15. The van der Waals surface area contributed by atoms with Gasteiger partial charge >= 0.3 is 23.9 Å². The predicted octanol–water partition coefficient (Wildman–Crippen LogP) is 3.11. The fourth-order valence-corrected chi connectivity index (χ4v) is 10.4. The van der Waals surface area contributed by atoms with Crippen LogP contribution in [0.15, 0.2) is 59.8 Å². The van der Waals surface area contributed by atoms with E-state index in [0.29, 0.717) is 40.0 Å². The highest BCUT2D eigenvalue weighted by Crippen LogP contribution is 2.36. The molecule has 274 valence electrons. The Hall–Kier alpha value is -2.72. The maximum atomic E-state index is 12.3. The molecule has 0 spiro atoms. The average molecular weight is 809 g/mol. The third-order valence-corrected chi connectivity index (χ3v) is 13.7. The molecule has 0 aromatic heterocycles. The van der Waals surface area contributed by atoms with Gasteiger partial charge < -0.3 is 41.3 Å². The second kappa shape index (κ2) is 23.0.